The normalized spacial score (nSPS) is 11.7. The van der Waals surface area contributed by atoms with Gasteiger partial charge in [0.1, 0.15) is 0 Å². The Kier molecular flexibility index (Phi) is 4.98. The van der Waals surface area contributed by atoms with E-state index in [0.717, 1.165) is 4.88 Å². The number of thiophene rings is 1. The number of benzene rings is 1. The first-order valence-electron chi connectivity index (χ1n) is 6.11. The van der Waals surface area contributed by atoms with Gasteiger partial charge in [0.25, 0.3) is 0 Å². The number of carboxylic acids is 1. The third kappa shape index (κ3) is 4.05. The minimum absolute atomic E-state index is 0.0964. The second kappa shape index (κ2) is 6.73. The van der Waals surface area contributed by atoms with E-state index in [1.165, 1.54) is 6.07 Å². The average molecular weight is 369 g/mol. The van der Waals surface area contributed by atoms with Gasteiger partial charge in [-0.15, -0.1) is 11.3 Å². The lowest BCUT2D eigenvalue weighted by molar-refractivity contribution is 0.0696. The molecule has 2 aromatic rings. The van der Waals surface area contributed by atoms with Gasteiger partial charge in [0.2, 0.25) is 0 Å². The summed E-state index contributed by atoms with van der Waals surface area (Å²) >= 11 is 4.72. The number of aromatic carboxylic acids is 1. The molecule has 0 aliphatic carbocycles. The molecule has 2 amide bonds. The molecule has 1 aromatic heterocycles. The van der Waals surface area contributed by atoms with Gasteiger partial charge in [-0.25, -0.2) is 9.59 Å². The van der Waals surface area contributed by atoms with Crippen molar-refractivity contribution in [3.63, 3.8) is 0 Å². The SMILES string of the molecule is CC(NC(=O)Nc1ccc(Br)c(C(=O)O)c1)c1cccs1. The van der Waals surface area contributed by atoms with Crippen LogP contribution in [-0.2, 0) is 0 Å². The van der Waals surface area contributed by atoms with Crippen molar-refractivity contribution in [2.24, 2.45) is 0 Å². The highest BCUT2D eigenvalue weighted by Gasteiger charge is 2.13. The van der Waals surface area contributed by atoms with Gasteiger partial charge in [-0.1, -0.05) is 6.07 Å². The van der Waals surface area contributed by atoms with Crippen LogP contribution in [0.1, 0.15) is 28.2 Å². The van der Waals surface area contributed by atoms with E-state index >= 15 is 0 Å². The molecule has 0 saturated carbocycles. The molecule has 1 heterocycles. The molecule has 1 atom stereocenters. The van der Waals surface area contributed by atoms with E-state index < -0.39 is 5.97 Å². The van der Waals surface area contributed by atoms with Crippen LogP contribution in [0.5, 0.6) is 0 Å². The standard InChI is InChI=1S/C14H13BrN2O3S/c1-8(12-3-2-6-21-12)16-14(20)17-9-4-5-11(15)10(7-9)13(18)19/h2-8H,1H3,(H,18,19)(H2,16,17,20). The van der Waals surface area contributed by atoms with E-state index in [1.807, 2.05) is 24.4 Å². The Morgan fingerprint density at radius 3 is 2.71 bits per heavy atom. The van der Waals surface area contributed by atoms with Gasteiger partial charge >= 0.3 is 12.0 Å². The Balaban J connectivity index is 2.03. The maximum absolute atomic E-state index is 11.9. The Bertz CT molecular complexity index is 658. The first-order chi connectivity index (χ1) is 9.97. The Morgan fingerprint density at radius 2 is 2.10 bits per heavy atom. The lowest BCUT2D eigenvalue weighted by Gasteiger charge is -2.13. The minimum atomic E-state index is -1.06. The van der Waals surface area contributed by atoms with Crippen LogP contribution < -0.4 is 10.6 Å². The summed E-state index contributed by atoms with van der Waals surface area (Å²) in [5, 5.41) is 16.4. The zero-order valence-corrected chi connectivity index (χ0v) is 13.5. The molecule has 0 fully saturated rings. The lowest BCUT2D eigenvalue weighted by Crippen LogP contribution is -2.30. The summed E-state index contributed by atoms with van der Waals surface area (Å²) in [6.07, 6.45) is 0. The quantitative estimate of drug-likeness (QED) is 0.760. The predicted octanol–water partition coefficient (Wildman–Crippen LogP) is 4.09. The van der Waals surface area contributed by atoms with Crippen molar-refractivity contribution < 1.29 is 14.7 Å². The number of anilines is 1. The van der Waals surface area contributed by atoms with E-state index in [-0.39, 0.29) is 17.6 Å². The van der Waals surface area contributed by atoms with Crippen molar-refractivity contribution in [3.8, 4) is 0 Å². The average Bonchev–Trinajstić information content (AvgIpc) is 2.94. The van der Waals surface area contributed by atoms with Gasteiger partial charge in [-0.05, 0) is 52.5 Å². The summed E-state index contributed by atoms with van der Waals surface area (Å²) in [6.45, 7) is 1.88. The van der Waals surface area contributed by atoms with E-state index in [9.17, 15) is 9.59 Å². The molecular weight excluding hydrogens is 356 g/mol. The van der Waals surface area contributed by atoms with Gasteiger partial charge in [0.15, 0.2) is 0 Å². The maximum Gasteiger partial charge on any atom is 0.336 e. The van der Waals surface area contributed by atoms with Crippen LogP contribution in [0.3, 0.4) is 0 Å². The number of urea groups is 1. The molecule has 0 bridgehead atoms. The second-order valence-electron chi connectivity index (χ2n) is 4.34. The molecule has 0 saturated heterocycles. The van der Waals surface area contributed by atoms with Gasteiger partial charge in [-0.2, -0.15) is 0 Å². The Hall–Kier alpha value is -1.86. The number of hydrogen-bond acceptors (Lipinski definition) is 3. The highest BCUT2D eigenvalue weighted by Crippen LogP contribution is 2.22. The van der Waals surface area contributed by atoms with Crippen molar-refractivity contribution in [2.45, 2.75) is 13.0 Å². The molecule has 0 aliphatic rings. The summed E-state index contributed by atoms with van der Waals surface area (Å²) in [6, 6.07) is 7.99. The van der Waals surface area contributed by atoms with Crippen molar-refractivity contribution in [1.29, 1.82) is 0 Å². The zero-order valence-electron chi connectivity index (χ0n) is 11.1. The summed E-state index contributed by atoms with van der Waals surface area (Å²) in [5.41, 5.74) is 0.519. The minimum Gasteiger partial charge on any atom is -0.478 e. The molecule has 2 rings (SSSR count). The molecule has 110 valence electrons. The summed E-state index contributed by atoms with van der Waals surface area (Å²) in [5.74, 6) is -1.06. The third-order valence-corrected chi connectivity index (χ3v) is 4.52. The van der Waals surface area contributed by atoms with Crippen LogP contribution in [0.4, 0.5) is 10.5 Å². The summed E-state index contributed by atoms with van der Waals surface area (Å²) in [4.78, 5) is 24.0. The van der Waals surface area contributed by atoms with Gasteiger partial charge in [0, 0.05) is 15.0 Å². The number of rotatable bonds is 4. The van der Waals surface area contributed by atoms with E-state index in [2.05, 4.69) is 26.6 Å². The van der Waals surface area contributed by atoms with Crippen LogP contribution in [0.25, 0.3) is 0 Å². The number of halogens is 1. The lowest BCUT2D eigenvalue weighted by atomic mass is 10.2. The number of nitrogens with one attached hydrogen (secondary N) is 2. The topological polar surface area (TPSA) is 78.4 Å². The Labute approximate surface area is 134 Å². The van der Waals surface area contributed by atoms with Gasteiger partial charge < -0.3 is 15.7 Å². The van der Waals surface area contributed by atoms with E-state index in [0.29, 0.717) is 10.2 Å². The van der Waals surface area contributed by atoms with E-state index in [1.54, 1.807) is 23.5 Å². The van der Waals surface area contributed by atoms with Crippen molar-refractivity contribution >= 4 is 45.0 Å². The fourth-order valence-electron chi connectivity index (χ4n) is 1.74. The maximum atomic E-state index is 11.9. The first-order valence-corrected chi connectivity index (χ1v) is 7.78. The van der Waals surface area contributed by atoms with Crippen molar-refractivity contribution in [1.82, 2.24) is 5.32 Å². The smallest absolute Gasteiger partial charge is 0.336 e. The first kappa shape index (κ1) is 15.5. The number of carbonyl (C=O) groups is 2. The highest BCUT2D eigenvalue weighted by molar-refractivity contribution is 9.10. The van der Waals surface area contributed by atoms with Crippen molar-refractivity contribution in [3.05, 3.63) is 50.6 Å². The second-order valence-corrected chi connectivity index (χ2v) is 6.17. The monoisotopic (exact) mass is 368 g/mol. The van der Waals surface area contributed by atoms with Crippen LogP contribution in [-0.4, -0.2) is 17.1 Å². The van der Waals surface area contributed by atoms with Crippen LogP contribution in [0.15, 0.2) is 40.2 Å². The predicted molar refractivity (Wildman–Crippen MR) is 86.0 cm³/mol. The molecule has 1 aromatic carbocycles. The molecule has 7 heteroatoms. The molecule has 0 radical (unpaired) electrons. The number of amides is 2. The van der Waals surface area contributed by atoms with Gasteiger partial charge in [0.05, 0.1) is 11.6 Å². The molecule has 1 unspecified atom stereocenters. The largest absolute Gasteiger partial charge is 0.478 e. The van der Waals surface area contributed by atoms with E-state index in [4.69, 9.17) is 5.11 Å². The molecular formula is C14H13BrN2O3S. The van der Waals surface area contributed by atoms with Crippen LogP contribution in [0.2, 0.25) is 0 Å². The molecule has 0 aliphatic heterocycles. The zero-order chi connectivity index (χ0) is 15.4. The summed E-state index contributed by atoms with van der Waals surface area (Å²) in [7, 11) is 0. The summed E-state index contributed by atoms with van der Waals surface area (Å²) < 4.78 is 0.466. The molecule has 21 heavy (non-hydrogen) atoms. The van der Waals surface area contributed by atoms with Crippen LogP contribution in [0, 0.1) is 0 Å². The van der Waals surface area contributed by atoms with Crippen LogP contribution >= 0.6 is 27.3 Å². The number of carbonyl (C=O) groups excluding carboxylic acids is 1. The highest BCUT2D eigenvalue weighted by atomic mass is 79.9. The fourth-order valence-corrected chi connectivity index (χ4v) is 2.89. The molecule has 3 N–H and O–H groups in total. The van der Waals surface area contributed by atoms with Gasteiger partial charge in [-0.3, -0.25) is 0 Å². The van der Waals surface area contributed by atoms with Crippen molar-refractivity contribution in [2.75, 3.05) is 5.32 Å². The number of carboxylic acid groups (broad SMARTS) is 1. The fraction of sp³-hybridized carbons (Fsp3) is 0.143. The number of hydrogen-bond donors (Lipinski definition) is 3. The molecule has 0 spiro atoms. The third-order valence-electron chi connectivity index (χ3n) is 2.77. The Morgan fingerprint density at radius 1 is 1.33 bits per heavy atom. The molecule has 5 nitrogen and oxygen atoms in total.